The van der Waals surface area contributed by atoms with Gasteiger partial charge in [0, 0.05) is 52.4 Å². The molecule has 1 aromatic carbocycles. The molecule has 2 heterocycles. The van der Waals surface area contributed by atoms with Gasteiger partial charge in [0.2, 0.25) is 10.0 Å². The Labute approximate surface area is 153 Å². The molecule has 9 heteroatoms. The lowest BCUT2D eigenvalue weighted by atomic mass is 10.2. The molecule has 0 saturated carbocycles. The summed E-state index contributed by atoms with van der Waals surface area (Å²) < 4.78 is 41.6. The van der Waals surface area contributed by atoms with Gasteiger partial charge in [-0.05, 0) is 31.0 Å². The average Bonchev–Trinajstić information content (AvgIpc) is 3.16. The lowest BCUT2D eigenvalue weighted by molar-refractivity contribution is 0.0788. The molecule has 1 aromatic rings. The summed E-state index contributed by atoms with van der Waals surface area (Å²) in [5.74, 6) is -1.18. The van der Waals surface area contributed by atoms with Crippen LogP contribution in [0.25, 0.3) is 0 Å². The van der Waals surface area contributed by atoms with Gasteiger partial charge >= 0.3 is 0 Å². The lowest BCUT2D eigenvalue weighted by Crippen LogP contribution is -2.46. The largest absolute Gasteiger partial charge is 0.339 e. The number of nitrogens with zero attached hydrogens (tertiary/aromatic N) is 2. The molecule has 2 N–H and O–H groups in total. The van der Waals surface area contributed by atoms with Gasteiger partial charge in [-0.2, -0.15) is 0 Å². The van der Waals surface area contributed by atoms with E-state index in [1.807, 2.05) is 0 Å². The summed E-state index contributed by atoms with van der Waals surface area (Å²) in [6.45, 7) is 5.65. The van der Waals surface area contributed by atoms with Crippen molar-refractivity contribution >= 4 is 15.9 Å². The molecule has 26 heavy (non-hydrogen) atoms. The lowest BCUT2D eigenvalue weighted by Gasteiger charge is -2.27. The molecule has 144 valence electrons. The van der Waals surface area contributed by atoms with Crippen molar-refractivity contribution in [1.82, 2.24) is 19.8 Å². The topological polar surface area (TPSA) is 81.8 Å². The van der Waals surface area contributed by atoms with Gasteiger partial charge in [0.25, 0.3) is 5.91 Å². The van der Waals surface area contributed by atoms with E-state index in [0.29, 0.717) is 19.6 Å². The number of nitrogens with one attached hydrogen (secondary N) is 2. The van der Waals surface area contributed by atoms with Crippen LogP contribution in [0.1, 0.15) is 23.2 Å². The first-order valence-corrected chi connectivity index (χ1v) is 10.5. The van der Waals surface area contributed by atoms with Gasteiger partial charge in [-0.15, -0.1) is 0 Å². The summed E-state index contributed by atoms with van der Waals surface area (Å²) in [6, 6.07) is 3.48. The molecule has 0 bridgehead atoms. The maximum atomic E-state index is 14.3. The monoisotopic (exact) mass is 384 g/mol. The molecule has 0 aliphatic carbocycles. The third-order valence-electron chi connectivity index (χ3n) is 4.80. The van der Waals surface area contributed by atoms with Gasteiger partial charge in [0.1, 0.15) is 5.82 Å². The second-order valence-electron chi connectivity index (χ2n) is 6.63. The molecule has 2 aliphatic heterocycles. The standard InChI is InChI=1S/C17H25FN4O3S/c18-16-13-14(3-4-15(16)17(23)22-8-1-2-9-22)26(24,25)20-7-12-21-10-5-19-6-11-21/h3-4,13,19-20H,1-2,5-12H2. The zero-order valence-electron chi connectivity index (χ0n) is 14.7. The molecule has 2 aliphatic rings. The Bertz CT molecular complexity index is 744. The molecule has 1 amide bonds. The normalized spacial score (nSPS) is 19.0. The van der Waals surface area contributed by atoms with Crippen molar-refractivity contribution in [3.63, 3.8) is 0 Å². The highest BCUT2D eigenvalue weighted by Crippen LogP contribution is 2.19. The summed E-state index contributed by atoms with van der Waals surface area (Å²) in [7, 11) is -3.80. The summed E-state index contributed by atoms with van der Waals surface area (Å²) in [5, 5.41) is 3.24. The van der Waals surface area contributed by atoms with E-state index in [9.17, 15) is 17.6 Å². The highest BCUT2D eigenvalue weighted by molar-refractivity contribution is 7.89. The smallest absolute Gasteiger partial charge is 0.256 e. The number of benzene rings is 1. The van der Waals surface area contributed by atoms with E-state index in [0.717, 1.165) is 45.1 Å². The Morgan fingerprint density at radius 2 is 1.85 bits per heavy atom. The van der Waals surface area contributed by atoms with Gasteiger partial charge in [-0.3, -0.25) is 9.69 Å². The van der Waals surface area contributed by atoms with Crippen molar-refractivity contribution in [3.8, 4) is 0 Å². The van der Waals surface area contributed by atoms with E-state index in [1.165, 1.54) is 12.1 Å². The van der Waals surface area contributed by atoms with Crippen LogP contribution in [-0.2, 0) is 10.0 Å². The van der Waals surface area contributed by atoms with Crippen molar-refractivity contribution in [2.24, 2.45) is 0 Å². The third-order valence-corrected chi connectivity index (χ3v) is 6.26. The molecule has 2 saturated heterocycles. The first kappa shape index (κ1) is 19.2. The Morgan fingerprint density at radius 3 is 2.50 bits per heavy atom. The second kappa shape index (κ2) is 8.43. The second-order valence-corrected chi connectivity index (χ2v) is 8.40. The van der Waals surface area contributed by atoms with Crippen molar-refractivity contribution < 1.29 is 17.6 Å². The SMILES string of the molecule is O=C(c1ccc(S(=O)(=O)NCCN2CCNCC2)cc1F)N1CCCC1. The maximum absolute atomic E-state index is 14.3. The van der Waals surface area contributed by atoms with E-state index in [-0.39, 0.29) is 22.9 Å². The summed E-state index contributed by atoms with van der Waals surface area (Å²) in [6.07, 6.45) is 1.83. The molecular formula is C17H25FN4O3S. The van der Waals surface area contributed by atoms with Crippen LogP contribution < -0.4 is 10.0 Å². The molecule has 0 radical (unpaired) electrons. The highest BCUT2D eigenvalue weighted by Gasteiger charge is 2.24. The summed E-state index contributed by atoms with van der Waals surface area (Å²) in [5.41, 5.74) is -0.0772. The Balaban J connectivity index is 1.62. The number of likely N-dealkylation sites (tertiary alicyclic amines) is 1. The predicted molar refractivity (Wildman–Crippen MR) is 96.0 cm³/mol. The van der Waals surface area contributed by atoms with Gasteiger partial charge in [0.15, 0.2) is 0 Å². The van der Waals surface area contributed by atoms with Crippen molar-refractivity contribution in [2.75, 3.05) is 52.4 Å². The van der Waals surface area contributed by atoms with Crippen LogP contribution in [0.5, 0.6) is 0 Å². The van der Waals surface area contributed by atoms with Crippen LogP contribution in [0, 0.1) is 5.82 Å². The molecule has 3 rings (SSSR count). The van der Waals surface area contributed by atoms with Gasteiger partial charge in [-0.25, -0.2) is 17.5 Å². The van der Waals surface area contributed by atoms with Gasteiger partial charge in [-0.1, -0.05) is 0 Å². The first-order chi connectivity index (χ1) is 12.5. The number of piperazine rings is 1. The van der Waals surface area contributed by atoms with Crippen molar-refractivity contribution in [2.45, 2.75) is 17.7 Å². The van der Waals surface area contributed by atoms with Crippen molar-refractivity contribution in [1.29, 1.82) is 0 Å². The number of rotatable bonds is 6. The third kappa shape index (κ3) is 4.59. The van der Waals surface area contributed by atoms with Crippen LogP contribution >= 0.6 is 0 Å². The minimum Gasteiger partial charge on any atom is -0.339 e. The van der Waals surface area contributed by atoms with Gasteiger partial charge in [0.05, 0.1) is 10.5 Å². The van der Waals surface area contributed by atoms with Crippen LogP contribution in [0.4, 0.5) is 4.39 Å². The molecule has 0 aromatic heterocycles. The molecule has 0 atom stereocenters. The fourth-order valence-electron chi connectivity index (χ4n) is 3.28. The summed E-state index contributed by atoms with van der Waals surface area (Å²) >= 11 is 0. The van der Waals surface area contributed by atoms with Crippen LogP contribution in [0.3, 0.4) is 0 Å². The zero-order valence-corrected chi connectivity index (χ0v) is 15.5. The number of carbonyl (C=O) groups is 1. The molecule has 2 fully saturated rings. The highest BCUT2D eigenvalue weighted by atomic mass is 32.2. The van der Waals surface area contributed by atoms with Crippen LogP contribution in [-0.4, -0.2) is 76.5 Å². The number of carbonyl (C=O) groups excluding carboxylic acids is 1. The van der Waals surface area contributed by atoms with E-state index in [2.05, 4.69) is 14.9 Å². The Hall–Kier alpha value is -1.55. The quantitative estimate of drug-likeness (QED) is 0.735. The number of sulfonamides is 1. The van der Waals surface area contributed by atoms with Crippen LogP contribution in [0.15, 0.2) is 23.1 Å². The predicted octanol–water partition coefficient (Wildman–Crippen LogP) is 0.245. The molecule has 0 spiro atoms. The number of halogens is 1. The fraction of sp³-hybridized carbons (Fsp3) is 0.588. The first-order valence-electron chi connectivity index (χ1n) is 8.99. The van der Waals surface area contributed by atoms with Gasteiger partial charge < -0.3 is 10.2 Å². The fourth-order valence-corrected chi connectivity index (χ4v) is 4.32. The molecule has 0 unspecified atom stereocenters. The van der Waals surface area contributed by atoms with Crippen molar-refractivity contribution in [3.05, 3.63) is 29.6 Å². The molecular weight excluding hydrogens is 359 g/mol. The van der Waals surface area contributed by atoms with Crippen LogP contribution in [0.2, 0.25) is 0 Å². The van der Waals surface area contributed by atoms with E-state index in [4.69, 9.17) is 0 Å². The average molecular weight is 384 g/mol. The maximum Gasteiger partial charge on any atom is 0.256 e. The Kier molecular flexibility index (Phi) is 6.23. The zero-order chi connectivity index (χ0) is 18.6. The number of hydrogen-bond acceptors (Lipinski definition) is 5. The number of hydrogen-bond donors (Lipinski definition) is 2. The van der Waals surface area contributed by atoms with E-state index in [1.54, 1.807) is 4.90 Å². The number of amides is 1. The van der Waals surface area contributed by atoms with E-state index < -0.39 is 15.8 Å². The Morgan fingerprint density at radius 1 is 1.15 bits per heavy atom. The molecule has 7 nitrogen and oxygen atoms in total. The van der Waals surface area contributed by atoms with E-state index >= 15 is 0 Å². The minimum absolute atomic E-state index is 0.0772. The minimum atomic E-state index is -3.80. The summed E-state index contributed by atoms with van der Waals surface area (Å²) in [4.78, 5) is 15.9.